The molecule has 0 saturated heterocycles. The Labute approximate surface area is 131 Å². The van der Waals surface area contributed by atoms with Crippen molar-refractivity contribution in [1.82, 2.24) is 0 Å². The largest absolute Gasteiger partial charge is 0.421 e. The van der Waals surface area contributed by atoms with Crippen molar-refractivity contribution in [3.63, 3.8) is 0 Å². The summed E-state index contributed by atoms with van der Waals surface area (Å²) in [6.07, 6.45) is 0.573. The summed E-state index contributed by atoms with van der Waals surface area (Å²) < 4.78 is 19.3. The summed E-state index contributed by atoms with van der Waals surface area (Å²) >= 11 is 6.44. The van der Waals surface area contributed by atoms with Gasteiger partial charge in [-0.1, -0.05) is 22.0 Å². The molecule has 3 nitrogen and oxygen atoms in total. The van der Waals surface area contributed by atoms with Crippen molar-refractivity contribution in [2.75, 3.05) is 0 Å². The van der Waals surface area contributed by atoms with Crippen LogP contribution < -0.4 is 4.74 Å². The summed E-state index contributed by atoms with van der Waals surface area (Å²) in [6.45, 7) is 0. The second-order valence-electron chi connectivity index (χ2n) is 3.82. The normalized spacial score (nSPS) is 10.2. The minimum absolute atomic E-state index is 0.0664. The summed E-state index contributed by atoms with van der Waals surface area (Å²) in [5.41, 5.74) is 0.271. The summed E-state index contributed by atoms with van der Waals surface area (Å²) in [7, 11) is 0. The third kappa shape index (κ3) is 3.32. The van der Waals surface area contributed by atoms with Crippen LogP contribution in [0.3, 0.4) is 0 Å². The fraction of sp³-hybridized carbons (Fsp3) is 0. The zero-order valence-electron chi connectivity index (χ0n) is 9.90. The second-order valence-corrected chi connectivity index (χ2v) is 5.59. The molecule has 0 aliphatic heterocycles. The zero-order valence-corrected chi connectivity index (χ0v) is 13.1. The number of carbonyl (C=O) groups is 2. The van der Waals surface area contributed by atoms with Crippen LogP contribution in [0.1, 0.15) is 20.7 Å². The topological polar surface area (TPSA) is 43.4 Å². The average molecular weight is 402 g/mol. The molecule has 2 rings (SSSR count). The third-order valence-corrected chi connectivity index (χ3v) is 3.47. The van der Waals surface area contributed by atoms with Crippen molar-refractivity contribution in [2.24, 2.45) is 0 Å². The summed E-state index contributed by atoms with van der Waals surface area (Å²) in [5, 5.41) is 0. The van der Waals surface area contributed by atoms with Gasteiger partial charge < -0.3 is 4.74 Å². The molecule has 0 fully saturated rings. The molecule has 102 valence electrons. The summed E-state index contributed by atoms with van der Waals surface area (Å²) in [4.78, 5) is 22.9. The van der Waals surface area contributed by atoms with Crippen LogP contribution in [0.15, 0.2) is 45.3 Å². The highest BCUT2D eigenvalue weighted by molar-refractivity contribution is 9.11. The van der Waals surface area contributed by atoms with E-state index in [0.29, 0.717) is 15.2 Å². The maximum absolute atomic E-state index is 13.1. The first-order chi connectivity index (χ1) is 9.51. The first-order valence-corrected chi connectivity index (χ1v) is 7.02. The van der Waals surface area contributed by atoms with E-state index in [1.807, 2.05) is 0 Å². The van der Waals surface area contributed by atoms with Gasteiger partial charge in [0.2, 0.25) is 0 Å². The lowest BCUT2D eigenvalue weighted by Gasteiger charge is -2.09. The smallest absolute Gasteiger partial charge is 0.343 e. The highest BCUT2D eigenvalue weighted by Gasteiger charge is 2.16. The molecular formula is C14H7Br2FO3. The van der Waals surface area contributed by atoms with Crippen LogP contribution in [-0.4, -0.2) is 12.3 Å². The molecule has 0 bridgehead atoms. The van der Waals surface area contributed by atoms with Gasteiger partial charge in [-0.3, -0.25) is 4.79 Å². The van der Waals surface area contributed by atoms with Crippen LogP contribution in [0.25, 0.3) is 0 Å². The Kier molecular flexibility index (Phi) is 4.67. The van der Waals surface area contributed by atoms with E-state index >= 15 is 0 Å². The minimum atomic E-state index is -0.740. The molecular weight excluding hydrogens is 395 g/mol. The van der Waals surface area contributed by atoms with Crippen molar-refractivity contribution in [3.8, 4) is 5.75 Å². The van der Waals surface area contributed by atoms with Gasteiger partial charge in [0.05, 0.1) is 15.6 Å². The molecule has 0 amide bonds. The molecule has 6 heteroatoms. The first-order valence-electron chi connectivity index (χ1n) is 5.43. The van der Waals surface area contributed by atoms with Crippen molar-refractivity contribution >= 4 is 44.1 Å². The fourth-order valence-electron chi connectivity index (χ4n) is 1.54. The number of hydrogen-bond acceptors (Lipinski definition) is 3. The van der Waals surface area contributed by atoms with E-state index in [4.69, 9.17) is 4.74 Å². The quantitative estimate of drug-likeness (QED) is 0.435. The molecule has 0 heterocycles. The zero-order chi connectivity index (χ0) is 14.7. The number of rotatable bonds is 3. The SMILES string of the molecule is O=Cc1cc(Br)cc(Br)c1OC(=O)c1cccc(F)c1. The Bertz CT molecular complexity index is 686. The monoisotopic (exact) mass is 400 g/mol. The molecule has 0 aliphatic rings. The van der Waals surface area contributed by atoms with Crippen LogP contribution in [0.4, 0.5) is 4.39 Å². The molecule has 0 saturated carbocycles. The first kappa shape index (κ1) is 14.9. The van der Waals surface area contributed by atoms with Crippen molar-refractivity contribution in [2.45, 2.75) is 0 Å². The van der Waals surface area contributed by atoms with Gasteiger partial charge in [0, 0.05) is 4.47 Å². The number of ether oxygens (including phenoxy) is 1. The summed E-state index contributed by atoms with van der Waals surface area (Å²) in [5.74, 6) is -1.18. The molecule has 0 aliphatic carbocycles. The average Bonchev–Trinajstić information content (AvgIpc) is 2.41. The maximum Gasteiger partial charge on any atom is 0.343 e. The molecule has 2 aromatic carbocycles. The summed E-state index contributed by atoms with van der Waals surface area (Å²) in [6, 6.07) is 8.29. The highest BCUT2D eigenvalue weighted by Crippen LogP contribution is 2.32. The van der Waals surface area contributed by atoms with E-state index in [1.54, 1.807) is 6.07 Å². The van der Waals surface area contributed by atoms with E-state index in [9.17, 15) is 14.0 Å². The van der Waals surface area contributed by atoms with Gasteiger partial charge in [-0.05, 0) is 46.3 Å². The Hall–Kier alpha value is -1.53. The Morgan fingerprint density at radius 1 is 1.20 bits per heavy atom. The van der Waals surface area contributed by atoms with Gasteiger partial charge >= 0.3 is 5.97 Å². The molecule has 20 heavy (non-hydrogen) atoms. The van der Waals surface area contributed by atoms with E-state index < -0.39 is 11.8 Å². The molecule has 2 aromatic rings. The Morgan fingerprint density at radius 3 is 2.60 bits per heavy atom. The number of esters is 1. The lowest BCUT2D eigenvalue weighted by molar-refractivity contribution is 0.0731. The molecule has 0 aromatic heterocycles. The number of hydrogen-bond donors (Lipinski definition) is 0. The lowest BCUT2D eigenvalue weighted by atomic mass is 10.2. The maximum atomic E-state index is 13.1. The van der Waals surface area contributed by atoms with Gasteiger partial charge in [0.25, 0.3) is 0 Å². The third-order valence-electron chi connectivity index (χ3n) is 2.42. The van der Waals surface area contributed by atoms with E-state index in [-0.39, 0.29) is 16.9 Å². The van der Waals surface area contributed by atoms with Crippen LogP contribution in [-0.2, 0) is 0 Å². The standard InChI is InChI=1S/C14H7Br2FO3/c15-10-4-9(7-18)13(12(16)6-10)20-14(19)8-2-1-3-11(17)5-8/h1-7H. The van der Waals surface area contributed by atoms with E-state index in [2.05, 4.69) is 31.9 Å². The van der Waals surface area contributed by atoms with Crippen LogP contribution in [0, 0.1) is 5.82 Å². The fourth-order valence-corrected chi connectivity index (χ4v) is 2.88. The second kappa shape index (κ2) is 6.28. The van der Waals surface area contributed by atoms with Gasteiger partial charge in [0.15, 0.2) is 12.0 Å². The van der Waals surface area contributed by atoms with Gasteiger partial charge in [-0.15, -0.1) is 0 Å². The van der Waals surface area contributed by atoms with Gasteiger partial charge in [0.1, 0.15) is 5.82 Å². The molecule has 0 radical (unpaired) electrons. The predicted octanol–water partition coefficient (Wildman–Crippen LogP) is 4.38. The van der Waals surface area contributed by atoms with Crippen LogP contribution in [0.2, 0.25) is 0 Å². The predicted molar refractivity (Wildman–Crippen MR) is 78.6 cm³/mol. The Morgan fingerprint density at radius 2 is 1.95 bits per heavy atom. The Balaban J connectivity index is 2.35. The number of benzene rings is 2. The number of halogens is 3. The van der Waals surface area contributed by atoms with E-state index in [0.717, 1.165) is 6.07 Å². The number of aldehydes is 1. The van der Waals surface area contributed by atoms with Gasteiger partial charge in [-0.2, -0.15) is 0 Å². The molecule has 0 spiro atoms. The van der Waals surface area contributed by atoms with Gasteiger partial charge in [-0.25, -0.2) is 9.18 Å². The van der Waals surface area contributed by atoms with Crippen molar-refractivity contribution in [3.05, 3.63) is 62.3 Å². The molecule has 0 atom stereocenters. The van der Waals surface area contributed by atoms with Crippen molar-refractivity contribution < 1.29 is 18.7 Å². The van der Waals surface area contributed by atoms with Crippen LogP contribution >= 0.6 is 31.9 Å². The molecule has 0 N–H and O–H groups in total. The van der Waals surface area contributed by atoms with Crippen molar-refractivity contribution in [1.29, 1.82) is 0 Å². The lowest BCUT2D eigenvalue weighted by Crippen LogP contribution is -2.10. The highest BCUT2D eigenvalue weighted by atomic mass is 79.9. The molecule has 0 unspecified atom stereocenters. The van der Waals surface area contributed by atoms with Crippen LogP contribution in [0.5, 0.6) is 5.75 Å². The minimum Gasteiger partial charge on any atom is -0.421 e. The van der Waals surface area contributed by atoms with E-state index in [1.165, 1.54) is 24.3 Å². The number of carbonyl (C=O) groups excluding carboxylic acids is 2.